The number of sulfonamides is 1. The van der Waals surface area contributed by atoms with Crippen molar-refractivity contribution in [2.75, 3.05) is 4.72 Å². The first-order valence-electron chi connectivity index (χ1n) is 4.98. The van der Waals surface area contributed by atoms with Crippen molar-refractivity contribution < 1.29 is 8.42 Å². The number of aromatic nitrogens is 2. The molecule has 102 valence electrons. The third-order valence-corrected chi connectivity index (χ3v) is 4.83. The summed E-state index contributed by atoms with van der Waals surface area (Å²) in [6.07, 6.45) is 1.22. The molecular formula is C10H8BrCl2N3O2S. The van der Waals surface area contributed by atoms with Crippen molar-refractivity contribution in [3.63, 3.8) is 0 Å². The van der Waals surface area contributed by atoms with E-state index in [1.165, 1.54) is 6.20 Å². The van der Waals surface area contributed by atoms with Crippen molar-refractivity contribution in [1.82, 2.24) is 10.2 Å². The van der Waals surface area contributed by atoms with E-state index in [1.54, 1.807) is 19.1 Å². The topological polar surface area (TPSA) is 74.8 Å². The van der Waals surface area contributed by atoms with E-state index < -0.39 is 10.0 Å². The van der Waals surface area contributed by atoms with Gasteiger partial charge in [-0.3, -0.25) is 9.82 Å². The third-order valence-electron chi connectivity index (χ3n) is 2.32. The van der Waals surface area contributed by atoms with E-state index in [9.17, 15) is 8.42 Å². The van der Waals surface area contributed by atoms with E-state index in [1.807, 2.05) is 0 Å². The standard InChI is InChI=1S/C10H8BrCl2N3O2S/c1-5-9(4-14-15-5)19(17,18)16-10-7(12)2-6(11)3-8(10)13/h2-4,16H,1H3,(H,14,15). The molecular weight excluding hydrogens is 377 g/mol. The van der Waals surface area contributed by atoms with Crippen LogP contribution in [-0.2, 0) is 10.0 Å². The molecule has 5 nitrogen and oxygen atoms in total. The summed E-state index contributed by atoms with van der Waals surface area (Å²) < 4.78 is 27.4. The van der Waals surface area contributed by atoms with Crippen LogP contribution < -0.4 is 4.72 Å². The average Bonchev–Trinajstić information content (AvgIpc) is 2.70. The van der Waals surface area contributed by atoms with E-state index in [0.717, 1.165) is 0 Å². The SMILES string of the molecule is Cc1[nH]ncc1S(=O)(=O)Nc1c(Cl)cc(Br)cc1Cl. The monoisotopic (exact) mass is 383 g/mol. The van der Waals surface area contributed by atoms with Gasteiger partial charge in [0.05, 0.1) is 27.6 Å². The van der Waals surface area contributed by atoms with Crippen LogP contribution in [0.2, 0.25) is 10.0 Å². The Morgan fingerprint density at radius 3 is 2.37 bits per heavy atom. The molecule has 0 saturated carbocycles. The molecule has 9 heteroatoms. The maximum absolute atomic E-state index is 12.2. The summed E-state index contributed by atoms with van der Waals surface area (Å²) in [5, 5.41) is 6.62. The zero-order chi connectivity index (χ0) is 14.2. The van der Waals surface area contributed by atoms with Crippen molar-refractivity contribution >= 4 is 54.8 Å². The highest BCUT2D eigenvalue weighted by molar-refractivity contribution is 9.10. The van der Waals surface area contributed by atoms with Crippen molar-refractivity contribution in [3.8, 4) is 0 Å². The molecule has 19 heavy (non-hydrogen) atoms. The Morgan fingerprint density at radius 1 is 1.32 bits per heavy atom. The molecule has 0 unspecified atom stereocenters. The van der Waals surface area contributed by atoms with Gasteiger partial charge in [0, 0.05) is 4.47 Å². The molecule has 0 aliphatic carbocycles. The predicted octanol–water partition coefficient (Wildman–Crippen LogP) is 3.59. The highest BCUT2D eigenvalue weighted by atomic mass is 79.9. The fourth-order valence-electron chi connectivity index (χ4n) is 1.44. The lowest BCUT2D eigenvalue weighted by atomic mass is 10.3. The fraction of sp³-hybridized carbons (Fsp3) is 0.100. The Balaban J connectivity index is 2.45. The molecule has 1 aromatic carbocycles. The molecule has 1 aromatic heterocycles. The summed E-state index contributed by atoms with van der Waals surface area (Å²) in [4.78, 5) is 0.0440. The molecule has 0 radical (unpaired) electrons. The van der Waals surface area contributed by atoms with Gasteiger partial charge in [-0.25, -0.2) is 8.42 Å². The first-order chi connectivity index (χ1) is 8.81. The summed E-state index contributed by atoms with van der Waals surface area (Å²) in [6, 6.07) is 3.10. The maximum atomic E-state index is 12.2. The van der Waals surface area contributed by atoms with E-state index in [0.29, 0.717) is 10.2 Å². The van der Waals surface area contributed by atoms with Gasteiger partial charge in [-0.1, -0.05) is 39.1 Å². The van der Waals surface area contributed by atoms with Crippen molar-refractivity contribution in [1.29, 1.82) is 0 Å². The van der Waals surface area contributed by atoms with Crippen LogP contribution in [0, 0.1) is 6.92 Å². The normalized spacial score (nSPS) is 11.6. The highest BCUT2D eigenvalue weighted by Gasteiger charge is 2.21. The summed E-state index contributed by atoms with van der Waals surface area (Å²) in [7, 11) is -3.79. The van der Waals surface area contributed by atoms with Gasteiger partial charge in [-0.05, 0) is 19.1 Å². The molecule has 0 atom stereocenters. The average molecular weight is 385 g/mol. The number of nitrogens with zero attached hydrogens (tertiary/aromatic N) is 1. The zero-order valence-corrected chi connectivity index (χ0v) is 13.5. The summed E-state index contributed by atoms with van der Waals surface area (Å²) in [5.41, 5.74) is 0.559. The van der Waals surface area contributed by atoms with Crippen LogP contribution in [0.25, 0.3) is 0 Å². The van der Waals surface area contributed by atoms with E-state index in [2.05, 4.69) is 30.8 Å². The number of benzene rings is 1. The molecule has 0 saturated heterocycles. The minimum atomic E-state index is -3.79. The molecule has 0 bridgehead atoms. The minimum absolute atomic E-state index is 0.0440. The lowest BCUT2D eigenvalue weighted by Gasteiger charge is -2.11. The third kappa shape index (κ3) is 3.05. The second-order valence-corrected chi connectivity index (χ2v) is 7.09. The summed E-state index contributed by atoms with van der Waals surface area (Å²) in [6.45, 7) is 1.60. The Labute approximate surface area is 128 Å². The van der Waals surface area contributed by atoms with Gasteiger partial charge in [-0.2, -0.15) is 5.10 Å². The Hall–Kier alpha value is -0.760. The maximum Gasteiger partial charge on any atom is 0.265 e. The molecule has 2 rings (SSSR count). The van der Waals surface area contributed by atoms with Gasteiger partial charge in [-0.15, -0.1) is 0 Å². The van der Waals surface area contributed by atoms with Crippen molar-refractivity contribution in [2.45, 2.75) is 11.8 Å². The summed E-state index contributed by atoms with van der Waals surface area (Å²) in [5.74, 6) is 0. The van der Waals surface area contributed by atoms with Crippen LogP contribution in [0.1, 0.15) is 5.69 Å². The summed E-state index contributed by atoms with van der Waals surface area (Å²) >= 11 is 15.2. The van der Waals surface area contributed by atoms with Gasteiger partial charge in [0.25, 0.3) is 10.0 Å². The number of nitrogens with one attached hydrogen (secondary N) is 2. The predicted molar refractivity (Wildman–Crippen MR) is 78.3 cm³/mol. The molecule has 0 aliphatic heterocycles. The first kappa shape index (κ1) is 14.6. The number of hydrogen-bond donors (Lipinski definition) is 2. The van der Waals surface area contributed by atoms with Gasteiger partial charge in [0.1, 0.15) is 4.90 Å². The van der Waals surface area contributed by atoms with Gasteiger partial charge < -0.3 is 0 Å². The molecule has 2 N–H and O–H groups in total. The van der Waals surface area contributed by atoms with Crippen molar-refractivity contribution in [3.05, 3.63) is 38.5 Å². The number of aryl methyl sites for hydroxylation is 1. The van der Waals surface area contributed by atoms with E-state index in [4.69, 9.17) is 23.2 Å². The molecule has 1 heterocycles. The second kappa shape index (κ2) is 5.32. The van der Waals surface area contributed by atoms with Crippen LogP contribution in [-0.4, -0.2) is 18.6 Å². The van der Waals surface area contributed by atoms with E-state index in [-0.39, 0.29) is 20.6 Å². The smallest absolute Gasteiger partial charge is 0.265 e. The van der Waals surface area contributed by atoms with E-state index >= 15 is 0 Å². The highest BCUT2D eigenvalue weighted by Crippen LogP contribution is 2.35. The largest absolute Gasteiger partial charge is 0.281 e. The molecule has 0 fully saturated rings. The number of hydrogen-bond acceptors (Lipinski definition) is 3. The fourth-order valence-corrected chi connectivity index (χ4v) is 4.09. The van der Waals surface area contributed by atoms with Crippen LogP contribution in [0.3, 0.4) is 0 Å². The van der Waals surface area contributed by atoms with Gasteiger partial charge in [0.2, 0.25) is 0 Å². The lowest BCUT2D eigenvalue weighted by Crippen LogP contribution is -2.14. The van der Waals surface area contributed by atoms with Gasteiger partial charge >= 0.3 is 0 Å². The minimum Gasteiger partial charge on any atom is -0.281 e. The van der Waals surface area contributed by atoms with Crippen LogP contribution in [0.5, 0.6) is 0 Å². The number of anilines is 1. The Kier molecular flexibility index (Phi) is 4.10. The molecule has 0 amide bonds. The number of halogens is 3. The van der Waals surface area contributed by atoms with Crippen LogP contribution >= 0.6 is 39.1 Å². The van der Waals surface area contributed by atoms with Gasteiger partial charge in [0.15, 0.2) is 0 Å². The van der Waals surface area contributed by atoms with Crippen LogP contribution in [0.15, 0.2) is 27.7 Å². The number of aromatic amines is 1. The Bertz CT molecular complexity index is 707. The quantitative estimate of drug-likeness (QED) is 0.848. The number of rotatable bonds is 3. The first-order valence-corrected chi connectivity index (χ1v) is 8.02. The zero-order valence-electron chi connectivity index (χ0n) is 9.54. The Morgan fingerprint density at radius 2 is 1.89 bits per heavy atom. The molecule has 0 aliphatic rings. The number of H-pyrrole nitrogens is 1. The van der Waals surface area contributed by atoms with Crippen LogP contribution in [0.4, 0.5) is 5.69 Å². The molecule has 0 spiro atoms. The lowest BCUT2D eigenvalue weighted by molar-refractivity contribution is 0.600. The van der Waals surface area contributed by atoms with Crippen molar-refractivity contribution in [2.24, 2.45) is 0 Å². The second-order valence-electron chi connectivity index (χ2n) is 3.71. The molecule has 2 aromatic rings.